The molecule has 0 radical (unpaired) electrons. The van der Waals surface area contributed by atoms with E-state index in [1.54, 1.807) is 33.8 Å². The van der Waals surface area contributed by atoms with Crippen molar-refractivity contribution >= 4 is 44.7 Å². The number of nitrogens with one attached hydrogen (secondary N) is 3. The maximum atomic E-state index is 14.6. The van der Waals surface area contributed by atoms with Crippen molar-refractivity contribution in [1.29, 1.82) is 0 Å². The number of sulfonamides is 1. The molecule has 4 bridgehead atoms. The number of para-hydroxylation sites is 1. The zero-order valence-electron chi connectivity index (χ0n) is 31.1. The van der Waals surface area contributed by atoms with Crippen LogP contribution in [-0.2, 0) is 29.1 Å². The Balaban J connectivity index is 1.26. The van der Waals surface area contributed by atoms with E-state index in [0.717, 1.165) is 10.9 Å². The van der Waals surface area contributed by atoms with Gasteiger partial charge in [0, 0.05) is 17.4 Å². The highest BCUT2D eigenvalue weighted by Crippen LogP contribution is 2.47. The van der Waals surface area contributed by atoms with Crippen molar-refractivity contribution in [3.8, 4) is 22.8 Å². The first-order valence-corrected chi connectivity index (χ1v) is 20.1. The summed E-state index contributed by atoms with van der Waals surface area (Å²) in [5, 5.41) is 5.86. The van der Waals surface area contributed by atoms with Gasteiger partial charge >= 0.3 is 6.09 Å². The first kappa shape index (κ1) is 37.4. The lowest BCUT2D eigenvalue weighted by Gasteiger charge is -2.35. The number of fused-ring (bicyclic) bond motifs is 7. The zero-order valence-corrected chi connectivity index (χ0v) is 31.9. The molecular formula is C39H47N5O9S. The molecule has 3 N–H and O–H groups in total. The highest BCUT2D eigenvalue weighted by Gasteiger charge is 2.62. The molecule has 3 heterocycles. The van der Waals surface area contributed by atoms with Crippen LogP contribution < -0.4 is 24.8 Å². The molecule has 6 atom stereocenters. The summed E-state index contributed by atoms with van der Waals surface area (Å²) >= 11 is 0. The Hall–Kier alpha value is -4.92. The lowest BCUT2D eigenvalue weighted by atomic mass is 9.85. The Kier molecular flexibility index (Phi) is 9.73. The van der Waals surface area contributed by atoms with E-state index in [2.05, 4.69) is 15.4 Å². The van der Waals surface area contributed by atoms with Crippen LogP contribution in [0.1, 0.15) is 66.7 Å². The highest BCUT2D eigenvalue weighted by atomic mass is 32.2. The van der Waals surface area contributed by atoms with E-state index >= 15 is 0 Å². The summed E-state index contributed by atoms with van der Waals surface area (Å²) in [6.45, 7) is 8.91. The molecule has 54 heavy (non-hydrogen) atoms. The van der Waals surface area contributed by atoms with Crippen molar-refractivity contribution in [2.45, 2.75) is 102 Å². The van der Waals surface area contributed by atoms with Crippen LogP contribution >= 0.6 is 0 Å². The van der Waals surface area contributed by atoms with Crippen molar-refractivity contribution < 1.29 is 41.8 Å². The molecule has 2 aliphatic carbocycles. The van der Waals surface area contributed by atoms with E-state index in [1.807, 2.05) is 55.5 Å². The molecule has 1 aromatic heterocycles. The molecule has 1 saturated heterocycles. The van der Waals surface area contributed by atoms with Crippen LogP contribution in [0.2, 0.25) is 0 Å². The van der Waals surface area contributed by atoms with Crippen LogP contribution in [0.3, 0.4) is 0 Å². The van der Waals surface area contributed by atoms with Crippen LogP contribution in [0.5, 0.6) is 11.6 Å². The molecule has 7 rings (SSSR count). The van der Waals surface area contributed by atoms with E-state index < -0.39 is 74.3 Å². The molecule has 4 aliphatic rings. The van der Waals surface area contributed by atoms with Crippen LogP contribution in [0.15, 0.2) is 54.6 Å². The number of alkyl carbamates (subject to hydrolysis) is 1. The minimum absolute atomic E-state index is 0.0296. The number of cyclic esters (lactones) is 1. The fourth-order valence-corrected chi connectivity index (χ4v) is 8.74. The van der Waals surface area contributed by atoms with Gasteiger partial charge in [0.25, 0.3) is 5.91 Å². The first-order valence-electron chi connectivity index (χ1n) is 18.5. The molecule has 288 valence electrons. The maximum absolute atomic E-state index is 14.6. The van der Waals surface area contributed by atoms with Crippen LogP contribution in [0, 0.1) is 11.3 Å². The van der Waals surface area contributed by atoms with Crippen LogP contribution in [0.25, 0.3) is 22.0 Å². The highest BCUT2D eigenvalue weighted by molar-refractivity contribution is 7.91. The SMILES string of the molecule is CC[C@@H]1CC1(NC(=O)[C@@H]1CC2CN1C(=O)[C@@H](C(C)(C)C)NC(=O)O[C@@H](C)COc1cccc(c1)-c1cc3ccccc3nc1O2)C(=O)NS(=O)(=O)C1CC1. The number of hydrogen-bond acceptors (Lipinski definition) is 10. The lowest BCUT2D eigenvalue weighted by molar-refractivity contribution is -0.143. The van der Waals surface area contributed by atoms with Gasteiger partial charge in [-0.3, -0.25) is 19.1 Å². The van der Waals surface area contributed by atoms with Gasteiger partial charge in [-0.05, 0) is 67.3 Å². The van der Waals surface area contributed by atoms with Gasteiger partial charge in [-0.25, -0.2) is 18.2 Å². The summed E-state index contributed by atoms with van der Waals surface area (Å²) in [4.78, 5) is 62.1. The standard InChI is InChI=1S/C39H47N5O9S/c1-6-25-19-39(25,36(47)43-54(49,50)28-14-15-28)42-33(45)31-18-27-20-44(31)35(46)32(38(3,4)5)41-37(48)52-22(2)21-51-26-12-9-11-23(16-26)29-17-24-10-7-8-13-30(24)40-34(29)53-27/h7-13,16-17,22,25,27-28,31-32H,6,14-15,18-21H2,1-5H3,(H,41,48)(H,42,45)(H,43,47)/t22-,25+,27?,31-,32-,39?/m0/s1. The third-order valence-corrected chi connectivity index (χ3v) is 12.5. The topological polar surface area (TPSA) is 182 Å². The molecule has 3 aromatic rings. The number of benzene rings is 2. The molecule has 3 fully saturated rings. The van der Waals surface area contributed by atoms with Gasteiger partial charge in [0.2, 0.25) is 27.7 Å². The molecule has 2 aromatic carbocycles. The van der Waals surface area contributed by atoms with Gasteiger partial charge in [0.15, 0.2) is 0 Å². The Labute approximate surface area is 314 Å². The van der Waals surface area contributed by atoms with Gasteiger partial charge in [-0.2, -0.15) is 0 Å². The number of amides is 4. The molecule has 2 saturated carbocycles. The largest absolute Gasteiger partial charge is 0.490 e. The van der Waals surface area contributed by atoms with Gasteiger partial charge in [0.05, 0.1) is 17.3 Å². The van der Waals surface area contributed by atoms with Crippen LogP contribution in [-0.4, -0.2) is 90.3 Å². The first-order chi connectivity index (χ1) is 25.6. The van der Waals surface area contributed by atoms with Crippen molar-refractivity contribution in [2.75, 3.05) is 13.2 Å². The number of ether oxygens (including phenoxy) is 3. The number of hydrogen-bond donors (Lipinski definition) is 3. The average Bonchev–Trinajstić information content (AvgIpc) is 4.05. The Morgan fingerprint density at radius 3 is 2.52 bits per heavy atom. The summed E-state index contributed by atoms with van der Waals surface area (Å²) in [6.07, 6.45) is -0.495. The predicted octanol–water partition coefficient (Wildman–Crippen LogP) is 4.07. The quantitative estimate of drug-likeness (QED) is 0.331. The molecule has 2 unspecified atom stereocenters. The van der Waals surface area contributed by atoms with Gasteiger partial charge < -0.3 is 29.7 Å². The molecule has 4 amide bonds. The van der Waals surface area contributed by atoms with Gasteiger partial charge in [0.1, 0.15) is 42.2 Å². The van der Waals surface area contributed by atoms with Crippen molar-refractivity contribution in [1.82, 2.24) is 25.2 Å². The number of carbonyl (C=O) groups is 4. The number of rotatable bonds is 6. The molecule has 0 spiro atoms. The molecule has 15 heteroatoms. The van der Waals surface area contributed by atoms with Crippen LogP contribution in [0.4, 0.5) is 4.79 Å². The van der Waals surface area contributed by atoms with E-state index in [9.17, 15) is 27.6 Å². The maximum Gasteiger partial charge on any atom is 0.408 e. The Bertz CT molecular complexity index is 2100. The number of aromatic nitrogens is 1. The van der Waals surface area contributed by atoms with Crippen molar-refractivity contribution in [2.24, 2.45) is 11.3 Å². The van der Waals surface area contributed by atoms with Crippen molar-refractivity contribution in [3.05, 3.63) is 54.6 Å². The number of carbonyl (C=O) groups excluding carboxylic acids is 4. The fraction of sp³-hybridized carbons (Fsp3) is 0.513. The normalized spacial score (nSPS) is 27.4. The summed E-state index contributed by atoms with van der Waals surface area (Å²) < 4.78 is 46.0. The number of nitrogens with zero attached hydrogens (tertiary/aromatic N) is 2. The Morgan fingerprint density at radius 1 is 1.06 bits per heavy atom. The third kappa shape index (κ3) is 7.55. The monoisotopic (exact) mass is 761 g/mol. The predicted molar refractivity (Wildman–Crippen MR) is 199 cm³/mol. The lowest BCUT2D eigenvalue weighted by Crippen LogP contribution is -2.60. The second-order valence-electron chi connectivity index (χ2n) is 16.0. The fourth-order valence-electron chi connectivity index (χ4n) is 7.37. The second kappa shape index (κ2) is 14.1. The van der Waals surface area contributed by atoms with E-state index in [0.29, 0.717) is 42.0 Å². The summed E-state index contributed by atoms with van der Waals surface area (Å²) in [5.41, 5.74) is -0.175. The Morgan fingerprint density at radius 2 is 1.81 bits per heavy atom. The van der Waals surface area contributed by atoms with Gasteiger partial charge in [-0.15, -0.1) is 0 Å². The smallest absolute Gasteiger partial charge is 0.408 e. The number of pyridine rings is 1. The minimum Gasteiger partial charge on any atom is -0.490 e. The summed E-state index contributed by atoms with van der Waals surface area (Å²) in [5.74, 6) is -1.42. The molecule has 2 aliphatic heterocycles. The van der Waals surface area contributed by atoms with E-state index in [-0.39, 0.29) is 31.9 Å². The van der Waals surface area contributed by atoms with E-state index in [4.69, 9.17) is 19.2 Å². The van der Waals surface area contributed by atoms with Crippen molar-refractivity contribution in [3.63, 3.8) is 0 Å². The summed E-state index contributed by atoms with van der Waals surface area (Å²) in [6, 6.07) is 14.7. The third-order valence-electron chi connectivity index (χ3n) is 10.7. The summed E-state index contributed by atoms with van der Waals surface area (Å²) in [7, 11) is -3.87. The molecular weight excluding hydrogens is 715 g/mol. The van der Waals surface area contributed by atoms with E-state index in [1.165, 1.54) is 4.90 Å². The van der Waals surface area contributed by atoms with Gasteiger partial charge in [-0.1, -0.05) is 64.4 Å². The second-order valence-corrected chi connectivity index (χ2v) is 17.9. The minimum atomic E-state index is -3.87. The average molecular weight is 762 g/mol. The molecule has 14 nitrogen and oxygen atoms in total. The zero-order chi connectivity index (χ0) is 38.6.